The molecule has 0 amide bonds. The van der Waals surface area contributed by atoms with Crippen molar-refractivity contribution in [1.29, 1.82) is 0 Å². The van der Waals surface area contributed by atoms with Crippen LogP contribution in [0, 0.1) is 0 Å². The summed E-state index contributed by atoms with van der Waals surface area (Å²) in [4.78, 5) is 17.3. The minimum absolute atomic E-state index is 0.261. The molecular weight excluding hydrogens is 284 g/mol. The fourth-order valence-corrected chi connectivity index (χ4v) is 2.63. The predicted molar refractivity (Wildman–Crippen MR) is 77.6 cm³/mol. The minimum Gasteiger partial charge on any atom is -0.497 e. The number of halogens is 1. The topological polar surface area (TPSA) is 42.4 Å². The number of ether oxygens (including phenoxy) is 1. The van der Waals surface area contributed by atoms with E-state index in [1.807, 2.05) is 36.2 Å². The van der Waals surface area contributed by atoms with Gasteiger partial charge in [-0.3, -0.25) is 4.79 Å². The van der Waals surface area contributed by atoms with Crippen molar-refractivity contribution in [1.82, 2.24) is 4.98 Å². The molecule has 0 N–H and O–H groups in total. The Bertz CT molecular complexity index is 569. The largest absolute Gasteiger partial charge is 0.497 e. The summed E-state index contributed by atoms with van der Waals surface area (Å²) in [7, 11) is 3.55. The van der Waals surface area contributed by atoms with Crippen LogP contribution in [0.4, 0.5) is 5.13 Å². The fraction of sp³-hybridized carbons (Fsp3) is 0.231. The van der Waals surface area contributed by atoms with E-state index in [-0.39, 0.29) is 5.15 Å². The Balaban J connectivity index is 2.10. The highest BCUT2D eigenvalue weighted by Crippen LogP contribution is 2.28. The van der Waals surface area contributed by atoms with Crippen LogP contribution in [-0.2, 0) is 6.54 Å². The molecule has 0 bridgehead atoms. The summed E-state index contributed by atoms with van der Waals surface area (Å²) < 4.78 is 5.11. The van der Waals surface area contributed by atoms with Crippen molar-refractivity contribution in [2.24, 2.45) is 0 Å². The zero-order valence-corrected chi connectivity index (χ0v) is 12.2. The monoisotopic (exact) mass is 296 g/mol. The molecule has 0 saturated heterocycles. The van der Waals surface area contributed by atoms with Gasteiger partial charge in [0.25, 0.3) is 0 Å². The first-order valence-corrected chi connectivity index (χ1v) is 6.79. The van der Waals surface area contributed by atoms with Crippen LogP contribution in [-0.4, -0.2) is 25.4 Å². The van der Waals surface area contributed by atoms with Gasteiger partial charge in [-0.2, -0.15) is 0 Å². The summed E-state index contributed by atoms with van der Waals surface area (Å²) in [6, 6.07) is 7.81. The molecule has 0 saturated carbocycles. The molecule has 1 aromatic carbocycles. The third kappa shape index (κ3) is 3.24. The standard InChI is InChI=1S/C13H13ClN2O2S/c1-16(13-15-12(14)11(8-17)19-13)7-9-3-5-10(18-2)6-4-9/h3-6,8H,7H2,1-2H3. The van der Waals surface area contributed by atoms with Gasteiger partial charge in [-0.1, -0.05) is 35.1 Å². The Kier molecular flexibility index (Phi) is 4.39. The summed E-state index contributed by atoms with van der Waals surface area (Å²) >= 11 is 7.14. The second-order valence-electron chi connectivity index (χ2n) is 3.97. The zero-order chi connectivity index (χ0) is 13.8. The Labute approximate surface area is 120 Å². The van der Waals surface area contributed by atoms with Gasteiger partial charge < -0.3 is 9.64 Å². The van der Waals surface area contributed by atoms with Gasteiger partial charge >= 0.3 is 0 Å². The van der Waals surface area contributed by atoms with Gasteiger partial charge in [-0.15, -0.1) is 0 Å². The van der Waals surface area contributed by atoms with Crippen LogP contribution in [0.5, 0.6) is 5.75 Å². The van der Waals surface area contributed by atoms with Crippen molar-refractivity contribution in [2.45, 2.75) is 6.54 Å². The van der Waals surface area contributed by atoms with E-state index in [9.17, 15) is 4.79 Å². The van der Waals surface area contributed by atoms with Crippen LogP contribution in [0.1, 0.15) is 15.2 Å². The van der Waals surface area contributed by atoms with E-state index >= 15 is 0 Å². The van der Waals surface area contributed by atoms with E-state index in [0.717, 1.165) is 22.7 Å². The van der Waals surface area contributed by atoms with E-state index < -0.39 is 0 Å². The smallest absolute Gasteiger partial charge is 0.187 e. The number of aldehydes is 1. The van der Waals surface area contributed by atoms with Crippen molar-refractivity contribution in [2.75, 3.05) is 19.1 Å². The summed E-state index contributed by atoms with van der Waals surface area (Å²) in [5, 5.41) is 0.986. The maximum absolute atomic E-state index is 10.7. The lowest BCUT2D eigenvalue weighted by Gasteiger charge is -2.15. The van der Waals surface area contributed by atoms with Gasteiger partial charge in [0.2, 0.25) is 0 Å². The quantitative estimate of drug-likeness (QED) is 0.794. The molecule has 0 aliphatic carbocycles. The van der Waals surface area contributed by atoms with Gasteiger partial charge in [0.05, 0.1) is 7.11 Å². The van der Waals surface area contributed by atoms with Crippen LogP contribution < -0.4 is 9.64 Å². The Morgan fingerprint density at radius 2 is 2.11 bits per heavy atom. The van der Waals surface area contributed by atoms with Gasteiger partial charge in [0.1, 0.15) is 10.6 Å². The molecule has 4 nitrogen and oxygen atoms in total. The number of nitrogens with zero attached hydrogens (tertiary/aromatic N) is 2. The summed E-state index contributed by atoms with van der Waals surface area (Å²) in [5.74, 6) is 0.826. The van der Waals surface area contributed by atoms with Crippen LogP contribution in [0.15, 0.2) is 24.3 Å². The molecule has 0 aliphatic heterocycles. The molecule has 0 fully saturated rings. The molecule has 6 heteroatoms. The van der Waals surface area contributed by atoms with Gasteiger partial charge in [-0.05, 0) is 17.7 Å². The van der Waals surface area contributed by atoms with Crippen LogP contribution in [0.2, 0.25) is 5.15 Å². The predicted octanol–water partition coefficient (Wildman–Crippen LogP) is 3.25. The van der Waals surface area contributed by atoms with Crippen molar-refractivity contribution in [3.05, 3.63) is 39.9 Å². The molecule has 2 aromatic rings. The second kappa shape index (κ2) is 6.04. The average Bonchev–Trinajstić information content (AvgIpc) is 2.81. The first-order valence-electron chi connectivity index (χ1n) is 5.59. The fourth-order valence-electron chi connectivity index (χ4n) is 1.61. The van der Waals surface area contributed by atoms with Crippen molar-refractivity contribution in [3.63, 3.8) is 0 Å². The number of carbonyl (C=O) groups excluding carboxylic acids is 1. The van der Waals surface area contributed by atoms with E-state index in [1.54, 1.807) is 7.11 Å². The van der Waals surface area contributed by atoms with Gasteiger partial charge in [0, 0.05) is 13.6 Å². The van der Waals surface area contributed by atoms with Crippen molar-refractivity contribution >= 4 is 34.4 Å². The number of thiazole rings is 1. The van der Waals surface area contributed by atoms with Gasteiger partial charge in [0.15, 0.2) is 16.6 Å². The molecular formula is C13H13ClN2O2S. The number of hydrogen-bond acceptors (Lipinski definition) is 5. The normalized spacial score (nSPS) is 10.3. The molecule has 0 atom stereocenters. The molecule has 2 rings (SSSR count). The molecule has 1 heterocycles. The highest BCUT2D eigenvalue weighted by molar-refractivity contribution is 7.17. The van der Waals surface area contributed by atoms with Crippen LogP contribution in [0.25, 0.3) is 0 Å². The Hall–Kier alpha value is -1.59. The van der Waals surface area contributed by atoms with Crippen LogP contribution in [0.3, 0.4) is 0 Å². The van der Waals surface area contributed by atoms with E-state index in [0.29, 0.717) is 11.4 Å². The number of carbonyl (C=O) groups is 1. The molecule has 0 unspecified atom stereocenters. The molecule has 0 spiro atoms. The molecule has 0 aliphatic rings. The highest BCUT2D eigenvalue weighted by atomic mass is 35.5. The molecule has 1 aromatic heterocycles. The minimum atomic E-state index is 0.261. The number of aromatic nitrogens is 1. The average molecular weight is 297 g/mol. The SMILES string of the molecule is COc1ccc(CN(C)c2nc(Cl)c(C=O)s2)cc1. The zero-order valence-electron chi connectivity index (χ0n) is 10.6. The lowest BCUT2D eigenvalue weighted by molar-refractivity contribution is 0.112. The summed E-state index contributed by atoms with van der Waals surface area (Å²) in [6.07, 6.45) is 0.727. The van der Waals surface area contributed by atoms with Crippen molar-refractivity contribution < 1.29 is 9.53 Å². The second-order valence-corrected chi connectivity index (χ2v) is 5.34. The van der Waals surface area contributed by atoms with Gasteiger partial charge in [-0.25, -0.2) is 4.98 Å². The third-order valence-corrected chi connectivity index (χ3v) is 4.11. The number of hydrogen-bond donors (Lipinski definition) is 0. The number of anilines is 1. The molecule has 19 heavy (non-hydrogen) atoms. The lowest BCUT2D eigenvalue weighted by Crippen LogP contribution is -2.15. The summed E-state index contributed by atoms with van der Waals surface area (Å²) in [5.41, 5.74) is 1.13. The number of methoxy groups -OCH3 is 1. The Morgan fingerprint density at radius 3 is 2.63 bits per heavy atom. The van der Waals surface area contributed by atoms with E-state index in [4.69, 9.17) is 16.3 Å². The lowest BCUT2D eigenvalue weighted by atomic mass is 10.2. The van der Waals surface area contributed by atoms with E-state index in [2.05, 4.69) is 4.98 Å². The number of benzene rings is 1. The van der Waals surface area contributed by atoms with Crippen molar-refractivity contribution in [3.8, 4) is 5.75 Å². The highest BCUT2D eigenvalue weighted by Gasteiger charge is 2.12. The van der Waals surface area contributed by atoms with Crippen LogP contribution >= 0.6 is 22.9 Å². The maximum Gasteiger partial charge on any atom is 0.187 e. The molecule has 100 valence electrons. The first-order chi connectivity index (χ1) is 9.13. The maximum atomic E-state index is 10.7. The molecule has 0 radical (unpaired) electrons. The first kappa shape index (κ1) is 13.8. The number of rotatable bonds is 5. The Morgan fingerprint density at radius 1 is 1.42 bits per heavy atom. The summed E-state index contributed by atoms with van der Waals surface area (Å²) in [6.45, 7) is 0.687. The third-order valence-electron chi connectivity index (χ3n) is 2.61. The van der Waals surface area contributed by atoms with E-state index in [1.165, 1.54) is 11.3 Å².